The van der Waals surface area contributed by atoms with Crippen molar-refractivity contribution in [3.63, 3.8) is 0 Å². The lowest BCUT2D eigenvalue weighted by Gasteiger charge is -2.05. The van der Waals surface area contributed by atoms with Crippen molar-refractivity contribution in [1.29, 1.82) is 0 Å². The van der Waals surface area contributed by atoms with Crippen molar-refractivity contribution in [3.8, 4) is 10.6 Å². The molecule has 2 aromatic rings. The van der Waals surface area contributed by atoms with E-state index in [1.807, 2.05) is 18.6 Å². The van der Waals surface area contributed by atoms with Gasteiger partial charge in [0.1, 0.15) is 5.01 Å². The fraction of sp³-hybridized carbons (Fsp3) is 0.429. The van der Waals surface area contributed by atoms with E-state index in [0.29, 0.717) is 6.04 Å². The molecule has 2 rings (SSSR count). The van der Waals surface area contributed by atoms with Crippen molar-refractivity contribution in [2.75, 3.05) is 0 Å². The molecule has 0 aliphatic rings. The Kier molecular flexibility index (Phi) is 4.44. The number of hydrogen-bond donors (Lipinski definition) is 1. The molecule has 0 saturated carbocycles. The van der Waals surface area contributed by atoms with Crippen LogP contribution in [-0.2, 0) is 13.0 Å². The maximum absolute atomic E-state index is 4.52. The number of nitrogens with one attached hydrogen (secondary N) is 1. The van der Waals surface area contributed by atoms with Gasteiger partial charge in [0.25, 0.3) is 0 Å². The van der Waals surface area contributed by atoms with Crippen LogP contribution < -0.4 is 5.32 Å². The van der Waals surface area contributed by atoms with E-state index in [-0.39, 0.29) is 0 Å². The highest BCUT2D eigenvalue weighted by Gasteiger charge is 2.08. The van der Waals surface area contributed by atoms with E-state index in [4.69, 9.17) is 0 Å². The third-order valence-corrected chi connectivity index (χ3v) is 3.78. The number of aromatic nitrogens is 2. The molecule has 0 fully saturated rings. The Bertz CT molecular complexity index is 505. The standard InChI is InChI=1S/C14H19N3S/c1-4-11-7-15-6-5-13(11)14-17-9-12(18-14)8-16-10(2)3/h5-7,9-10,16H,4,8H2,1-3H3. The summed E-state index contributed by atoms with van der Waals surface area (Å²) in [7, 11) is 0. The van der Waals surface area contributed by atoms with Crippen LogP contribution in [0.4, 0.5) is 0 Å². The minimum Gasteiger partial charge on any atom is -0.310 e. The Labute approximate surface area is 112 Å². The van der Waals surface area contributed by atoms with Gasteiger partial charge in [-0.1, -0.05) is 20.8 Å². The molecular weight excluding hydrogens is 242 g/mol. The maximum Gasteiger partial charge on any atom is 0.123 e. The van der Waals surface area contributed by atoms with E-state index >= 15 is 0 Å². The molecule has 4 heteroatoms. The van der Waals surface area contributed by atoms with Crippen LogP contribution in [0.1, 0.15) is 31.2 Å². The lowest BCUT2D eigenvalue weighted by atomic mass is 10.1. The number of hydrogen-bond acceptors (Lipinski definition) is 4. The average Bonchev–Trinajstić information content (AvgIpc) is 2.85. The minimum atomic E-state index is 0.502. The molecule has 96 valence electrons. The fourth-order valence-electron chi connectivity index (χ4n) is 1.74. The van der Waals surface area contributed by atoms with E-state index in [2.05, 4.69) is 42.1 Å². The molecule has 0 saturated heterocycles. The summed E-state index contributed by atoms with van der Waals surface area (Å²) in [5.74, 6) is 0. The number of pyridine rings is 1. The summed E-state index contributed by atoms with van der Waals surface area (Å²) in [6.07, 6.45) is 6.72. The van der Waals surface area contributed by atoms with Gasteiger partial charge >= 0.3 is 0 Å². The first-order chi connectivity index (χ1) is 8.70. The summed E-state index contributed by atoms with van der Waals surface area (Å²) >= 11 is 1.76. The van der Waals surface area contributed by atoms with E-state index in [1.54, 1.807) is 11.3 Å². The summed E-state index contributed by atoms with van der Waals surface area (Å²) < 4.78 is 0. The summed E-state index contributed by atoms with van der Waals surface area (Å²) in [6, 6.07) is 2.56. The largest absolute Gasteiger partial charge is 0.310 e. The van der Waals surface area contributed by atoms with Gasteiger partial charge in [-0.2, -0.15) is 0 Å². The minimum absolute atomic E-state index is 0.502. The van der Waals surface area contributed by atoms with Crippen molar-refractivity contribution in [1.82, 2.24) is 15.3 Å². The monoisotopic (exact) mass is 261 g/mol. The zero-order valence-corrected chi connectivity index (χ0v) is 11.9. The van der Waals surface area contributed by atoms with Crippen LogP contribution >= 0.6 is 11.3 Å². The number of thiazole rings is 1. The predicted molar refractivity (Wildman–Crippen MR) is 76.7 cm³/mol. The molecule has 0 aromatic carbocycles. The van der Waals surface area contributed by atoms with Crippen molar-refractivity contribution >= 4 is 11.3 Å². The molecular formula is C14H19N3S. The van der Waals surface area contributed by atoms with Gasteiger partial charge in [0, 0.05) is 41.6 Å². The van der Waals surface area contributed by atoms with Gasteiger partial charge in [-0.3, -0.25) is 4.98 Å². The maximum atomic E-state index is 4.52. The second-order valence-electron chi connectivity index (χ2n) is 4.55. The molecule has 0 radical (unpaired) electrons. The molecule has 0 unspecified atom stereocenters. The van der Waals surface area contributed by atoms with Crippen LogP contribution in [0.2, 0.25) is 0 Å². The third kappa shape index (κ3) is 3.15. The van der Waals surface area contributed by atoms with Gasteiger partial charge in [0.05, 0.1) is 0 Å². The summed E-state index contributed by atoms with van der Waals surface area (Å²) in [5.41, 5.74) is 2.48. The molecule has 0 atom stereocenters. The third-order valence-electron chi connectivity index (χ3n) is 2.75. The molecule has 2 heterocycles. The Morgan fingerprint density at radius 1 is 1.33 bits per heavy atom. The highest BCUT2D eigenvalue weighted by Crippen LogP contribution is 2.27. The Hall–Kier alpha value is -1.26. The highest BCUT2D eigenvalue weighted by molar-refractivity contribution is 7.15. The van der Waals surface area contributed by atoms with Crippen molar-refractivity contribution in [2.24, 2.45) is 0 Å². The van der Waals surface area contributed by atoms with Crippen molar-refractivity contribution in [2.45, 2.75) is 39.8 Å². The van der Waals surface area contributed by atoms with Gasteiger partial charge in [-0.05, 0) is 18.1 Å². The van der Waals surface area contributed by atoms with Gasteiger partial charge < -0.3 is 5.32 Å². The number of aryl methyl sites for hydroxylation is 1. The van der Waals surface area contributed by atoms with Gasteiger partial charge in [-0.25, -0.2) is 4.98 Å². The topological polar surface area (TPSA) is 37.8 Å². The SMILES string of the molecule is CCc1cnccc1-c1ncc(CNC(C)C)s1. The Balaban J connectivity index is 2.18. The van der Waals surface area contributed by atoms with Crippen LogP contribution in [0, 0.1) is 0 Å². The highest BCUT2D eigenvalue weighted by atomic mass is 32.1. The van der Waals surface area contributed by atoms with Crippen LogP contribution in [-0.4, -0.2) is 16.0 Å². The first-order valence-corrected chi connectivity index (χ1v) is 7.13. The molecule has 0 bridgehead atoms. The van der Waals surface area contributed by atoms with E-state index in [0.717, 1.165) is 18.0 Å². The first-order valence-electron chi connectivity index (χ1n) is 6.32. The summed E-state index contributed by atoms with van der Waals surface area (Å²) in [6.45, 7) is 7.34. The molecule has 0 spiro atoms. The fourth-order valence-corrected chi connectivity index (χ4v) is 2.66. The average molecular weight is 261 g/mol. The van der Waals surface area contributed by atoms with E-state index in [9.17, 15) is 0 Å². The Morgan fingerprint density at radius 3 is 2.89 bits per heavy atom. The molecule has 0 amide bonds. The zero-order valence-electron chi connectivity index (χ0n) is 11.1. The summed E-state index contributed by atoms with van der Waals surface area (Å²) in [5, 5.41) is 4.51. The van der Waals surface area contributed by atoms with Crippen molar-refractivity contribution in [3.05, 3.63) is 35.1 Å². The van der Waals surface area contributed by atoms with Gasteiger partial charge in [0.2, 0.25) is 0 Å². The smallest absolute Gasteiger partial charge is 0.123 e. The molecule has 0 aliphatic carbocycles. The number of nitrogens with zero attached hydrogens (tertiary/aromatic N) is 2. The predicted octanol–water partition coefficient (Wildman–Crippen LogP) is 3.27. The molecule has 2 aromatic heterocycles. The Morgan fingerprint density at radius 2 is 2.17 bits per heavy atom. The van der Waals surface area contributed by atoms with E-state index < -0.39 is 0 Å². The zero-order chi connectivity index (χ0) is 13.0. The van der Waals surface area contributed by atoms with Crippen LogP contribution in [0.3, 0.4) is 0 Å². The van der Waals surface area contributed by atoms with E-state index in [1.165, 1.54) is 16.0 Å². The van der Waals surface area contributed by atoms with Gasteiger partial charge in [-0.15, -0.1) is 11.3 Å². The first kappa shape index (κ1) is 13.2. The van der Waals surface area contributed by atoms with Crippen LogP contribution in [0.5, 0.6) is 0 Å². The molecule has 1 N–H and O–H groups in total. The quantitative estimate of drug-likeness (QED) is 0.897. The lowest BCUT2D eigenvalue weighted by Crippen LogP contribution is -2.21. The van der Waals surface area contributed by atoms with Crippen molar-refractivity contribution < 1.29 is 0 Å². The molecule has 0 aliphatic heterocycles. The number of rotatable bonds is 5. The second kappa shape index (κ2) is 6.07. The lowest BCUT2D eigenvalue weighted by molar-refractivity contribution is 0.593. The summed E-state index contributed by atoms with van der Waals surface area (Å²) in [4.78, 5) is 9.97. The molecule has 3 nitrogen and oxygen atoms in total. The van der Waals surface area contributed by atoms with Gasteiger partial charge in [0.15, 0.2) is 0 Å². The molecule has 18 heavy (non-hydrogen) atoms. The second-order valence-corrected chi connectivity index (χ2v) is 5.67. The van der Waals surface area contributed by atoms with Crippen LogP contribution in [0.25, 0.3) is 10.6 Å². The normalized spacial score (nSPS) is 11.1. The van der Waals surface area contributed by atoms with Crippen LogP contribution in [0.15, 0.2) is 24.7 Å².